The van der Waals surface area contributed by atoms with E-state index in [9.17, 15) is 4.79 Å². The Hall–Kier alpha value is 0.01000. The average molecular weight is 663 g/mol. The maximum absolute atomic E-state index is 12.6. The molecule has 2 aromatic rings. The molecular weight excluding hydrogens is 649 g/mol. The number of alkyl halides is 6. The maximum atomic E-state index is 12.6. The summed E-state index contributed by atoms with van der Waals surface area (Å²) in [5, 5.41) is 10.9. The number of hydrogen-bond acceptors (Lipinski definition) is 3. The zero-order valence-corrected chi connectivity index (χ0v) is 22.4. The smallest absolute Gasteiger partial charge is 0.318 e. The van der Waals surface area contributed by atoms with Gasteiger partial charge in [-0.15, -0.1) is 0 Å². The van der Waals surface area contributed by atoms with Crippen molar-refractivity contribution in [3.05, 3.63) is 57.5 Å². The van der Waals surface area contributed by atoms with Crippen molar-refractivity contribution in [3.8, 4) is 0 Å². The van der Waals surface area contributed by atoms with Crippen LogP contribution in [0.25, 0.3) is 0 Å². The van der Waals surface area contributed by atoms with Gasteiger partial charge in [0.2, 0.25) is 7.59 Å². The van der Waals surface area contributed by atoms with Crippen molar-refractivity contribution in [2.75, 3.05) is 10.6 Å². The molecule has 0 saturated carbocycles. The molecule has 164 valence electrons. The number of rotatable bonds is 6. The lowest BCUT2D eigenvalue weighted by Crippen LogP contribution is -2.57. The Balaban J connectivity index is 2.10. The number of benzene rings is 2. The SMILES string of the molecule is O=C(NC(Nc1ccc(Br)cc1)C(Cl)(Cl)Cl)NC(Nc1ccc(Br)cc1)C(Cl)(Cl)Cl. The molecule has 0 radical (unpaired) electrons. The first-order valence-corrected chi connectivity index (χ1v) is 11.9. The van der Waals surface area contributed by atoms with Crippen LogP contribution >= 0.6 is 101 Å². The van der Waals surface area contributed by atoms with Crippen LogP contribution < -0.4 is 21.3 Å². The van der Waals surface area contributed by atoms with Gasteiger partial charge < -0.3 is 21.3 Å². The number of carbonyl (C=O) groups excluding carboxylic acids is 1. The Morgan fingerprint density at radius 2 is 0.967 bits per heavy atom. The fourth-order valence-corrected chi connectivity index (χ4v) is 3.31. The van der Waals surface area contributed by atoms with Gasteiger partial charge in [-0.25, -0.2) is 4.79 Å². The van der Waals surface area contributed by atoms with E-state index in [2.05, 4.69) is 53.1 Å². The highest BCUT2D eigenvalue weighted by Gasteiger charge is 2.37. The summed E-state index contributed by atoms with van der Waals surface area (Å²) in [6, 6.07) is 13.4. The summed E-state index contributed by atoms with van der Waals surface area (Å²) in [7, 11) is 0. The minimum absolute atomic E-state index is 0.612. The molecule has 2 unspecified atom stereocenters. The minimum atomic E-state index is -1.88. The van der Waals surface area contributed by atoms with Gasteiger partial charge in [-0.3, -0.25) is 0 Å². The van der Waals surface area contributed by atoms with E-state index in [1.54, 1.807) is 48.5 Å². The fraction of sp³-hybridized carbons (Fsp3) is 0.235. The van der Waals surface area contributed by atoms with E-state index in [4.69, 9.17) is 69.6 Å². The monoisotopic (exact) mass is 658 g/mol. The van der Waals surface area contributed by atoms with Crippen molar-refractivity contribution in [1.82, 2.24) is 10.6 Å². The van der Waals surface area contributed by atoms with Gasteiger partial charge in [0.05, 0.1) is 0 Å². The molecule has 13 heteroatoms. The summed E-state index contributed by atoms with van der Waals surface area (Å²) in [5.41, 5.74) is 1.22. The topological polar surface area (TPSA) is 65.2 Å². The van der Waals surface area contributed by atoms with Crippen molar-refractivity contribution in [1.29, 1.82) is 0 Å². The number of anilines is 2. The molecule has 4 N–H and O–H groups in total. The third-order valence-electron chi connectivity index (χ3n) is 3.52. The van der Waals surface area contributed by atoms with E-state index in [-0.39, 0.29) is 0 Å². The summed E-state index contributed by atoms with van der Waals surface area (Å²) >= 11 is 42.8. The van der Waals surface area contributed by atoms with Crippen LogP contribution in [0.2, 0.25) is 0 Å². The molecule has 0 aromatic heterocycles. The standard InChI is InChI=1S/C17H14Br2Cl6N4O/c18-9-1-5-11(6-2-9)26-13(16(20,21)22)28-15(30)29-14(17(23,24)25)27-12-7-3-10(19)4-8-12/h1-8,13-14,26-27H,(H2,28,29,30). The third kappa shape index (κ3) is 8.87. The maximum Gasteiger partial charge on any atom is 0.318 e. The van der Waals surface area contributed by atoms with Gasteiger partial charge in [0.1, 0.15) is 12.3 Å². The van der Waals surface area contributed by atoms with Gasteiger partial charge in [-0.1, -0.05) is 101 Å². The van der Waals surface area contributed by atoms with Crippen LogP contribution in [0.5, 0.6) is 0 Å². The molecule has 5 nitrogen and oxygen atoms in total. The number of urea groups is 1. The Labute approximate surface area is 220 Å². The van der Waals surface area contributed by atoms with E-state index in [0.29, 0.717) is 11.4 Å². The molecule has 30 heavy (non-hydrogen) atoms. The van der Waals surface area contributed by atoms with Gasteiger partial charge in [0, 0.05) is 20.3 Å². The third-order valence-corrected chi connectivity index (χ3v) is 5.88. The van der Waals surface area contributed by atoms with Gasteiger partial charge in [-0.05, 0) is 48.5 Å². The molecule has 0 aliphatic rings. The van der Waals surface area contributed by atoms with Crippen LogP contribution in [0.4, 0.5) is 16.2 Å². The average Bonchev–Trinajstić information content (AvgIpc) is 2.62. The zero-order chi connectivity index (χ0) is 22.5. The molecule has 0 spiro atoms. The number of hydrogen-bond donors (Lipinski definition) is 4. The molecule has 0 heterocycles. The van der Waals surface area contributed by atoms with E-state index < -0.39 is 25.9 Å². The molecule has 0 aliphatic heterocycles. The summed E-state index contributed by atoms with van der Waals surface area (Å²) in [5.74, 6) is 0. The second-order valence-electron chi connectivity index (χ2n) is 5.87. The van der Waals surface area contributed by atoms with Crippen LogP contribution in [0.3, 0.4) is 0 Å². The molecule has 0 aliphatic carbocycles. The minimum Gasteiger partial charge on any atom is -0.362 e. The lowest BCUT2D eigenvalue weighted by molar-refractivity contribution is 0.235. The van der Waals surface area contributed by atoms with Crippen molar-refractivity contribution in [3.63, 3.8) is 0 Å². The van der Waals surface area contributed by atoms with Crippen molar-refractivity contribution < 1.29 is 4.79 Å². The molecule has 2 atom stereocenters. The van der Waals surface area contributed by atoms with Crippen LogP contribution in [-0.2, 0) is 0 Å². The predicted octanol–water partition coefficient (Wildman–Crippen LogP) is 7.43. The summed E-state index contributed by atoms with van der Waals surface area (Å²) in [4.78, 5) is 12.6. The number of carbonyl (C=O) groups is 1. The second-order valence-corrected chi connectivity index (χ2v) is 12.4. The highest BCUT2D eigenvalue weighted by molar-refractivity contribution is 9.10. The quantitative estimate of drug-likeness (QED) is 0.192. The van der Waals surface area contributed by atoms with E-state index >= 15 is 0 Å². The molecule has 2 amide bonds. The van der Waals surface area contributed by atoms with Crippen LogP contribution in [0.15, 0.2) is 57.5 Å². The normalized spacial score (nSPS) is 13.9. The number of amides is 2. The van der Waals surface area contributed by atoms with Crippen molar-refractivity contribution in [2.45, 2.75) is 19.9 Å². The first-order valence-electron chi connectivity index (χ1n) is 8.09. The second kappa shape index (κ2) is 11.2. The fourth-order valence-electron chi connectivity index (χ4n) is 2.13. The highest BCUT2D eigenvalue weighted by atomic mass is 79.9. The van der Waals surface area contributed by atoms with Gasteiger partial charge in [-0.2, -0.15) is 0 Å². The lowest BCUT2D eigenvalue weighted by Gasteiger charge is -2.31. The molecule has 0 bridgehead atoms. The Bertz CT molecular complexity index is 774. The van der Waals surface area contributed by atoms with Gasteiger partial charge >= 0.3 is 6.03 Å². The zero-order valence-electron chi connectivity index (χ0n) is 14.7. The molecular formula is C17H14Br2Cl6N4O. The van der Waals surface area contributed by atoms with Crippen LogP contribution in [0.1, 0.15) is 0 Å². The Kier molecular flexibility index (Phi) is 9.84. The van der Waals surface area contributed by atoms with Gasteiger partial charge in [0.25, 0.3) is 0 Å². The summed E-state index contributed by atoms with van der Waals surface area (Å²) in [6.45, 7) is 0. The predicted molar refractivity (Wildman–Crippen MR) is 135 cm³/mol. The molecule has 2 rings (SSSR count). The largest absolute Gasteiger partial charge is 0.362 e. The first-order chi connectivity index (χ1) is 13.8. The van der Waals surface area contributed by atoms with Crippen molar-refractivity contribution >= 4 is 119 Å². The van der Waals surface area contributed by atoms with E-state index in [1.165, 1.54) is 0 Å². The molecule has 0 saturated heterocycles. The first kappa shape index (κ1) is 26.3. The van der Waals surface area contributed by atoms with E-state index in [0.717, 1.165) is 8.95 Å². The lowest BCUT2D eigenvalue weighted by atomic mass is 10.3. The summed E-state index contributed by atoms with van der Waals surface area (Å²) < 4.78 is -2.01. The Morgan fingerprint density at radius 3 is 1.23 bits per heavy atom. The molecule has 0 fully saturated rings. The molecule has 2 aromatic carbocycles. The van der Waals surface area contributed by atoms with Crippen LogP contribution in [0, 0.1) is 0 Å². The number of halogens is 8. The summed E-state index contributed by atoms with van der Waals surface area (Å²) in [6.07, 6.45) is -2.18. The Morgan fingerprint density at radius 1 is 0.667 bits per heavy atom. The van der Waals surface area contributed by atoms with Gasteiger partial charge in [0.15, 0.2) is 0 Å². The van der Waals surface area contributed by atoms with Crippen molar-refractivity contribution in [2.24, 2.45) is 0 Å². The number of nitrogens with one attached hydrogen (secondary N) is 4. The van der Waals surface area contributed by atoms with Crippen LogP contribution in [-0.4, -0.2) is 25.9 Å². The highest BCUT2D eigenvalue weighted by Crippen LogP contribution is 2.33. The van der Waals surface area contributed by atoms with E-state index in [1.807, 2.05) is 0 Å².